The third-order valence-corrected chi connectivity index (χ3v) is 3.16. The molecule has 1 saturated heterocycles. The van der Waals surface area contributed by atoms with Gasteiger partial charge in [0.05, 0.1) is 18.3 Å². The van der Waals surface area contributed by atoms with E-state index in [-0.39, 0.29) is 0 Å². The molecule has 0 atom stereocenters. The number of anilines is 1. The first-order valence-corrected chi connectivity index (χ1v) is 5.99. The van der Waals surface area contributed by atoms with E-state index in [2.05, 4.69) is 26.1 Å². The van der Waals surface area contributed by atoms with Crippen LogP contribution < -0.4 is 4.90 Å². The minimum absolute atomic E-state index is 0.337. The Morgan fingerprint density at radius 1 is 1.24 bits per heavy atom. The quantitative estimate of drug-likeness (QED) is 0.762. The van der Waals surface area contributed by atoms with Crippen molar-refractivity contribution >= 4 is 28.9 Å². The minimum Gasteiger partial charge on any atom is -0.366 e. The number of hydrogen-bond acceptors (Lipinski definition) is 5. The minimum atomic E-state index is 0.337. The van der Waals surface area contributed by atoms with Crippen molar-refractivity contribution < 1.29 is 0 Å². The molecule has 0 aromatic carbocycles. The standard InChI is InChI=1S/C10H11Cl2N5/c11-9-7-8(10(12)15-14-9)17-5-3-16(2-1-13)4-6-17/h7H,2-6H2. The second kappa shape index (κ2) is 5.50. The highest BCUT2D eigenvalue weighted by Gasteiger charge is 2.19. The summed E-state index contributed by atoms with van der Waals surface area (Å²) >= 11 is 11.8. The van der Waals surface area contributed by atoms with Crippen LogP contribution in [0.3, 0.4) is 0 Å². The zero-order valence-corrected chi connectivity index (χ0v) is 10.6. The highest BCUT2D eigenvalue weighted by atomic mass is 35.5. The summed E-state index contributed by atoms with van der Waals surface area (Å²) in [6.07, 6.45) is 0. The molecule has 0 bridgehead atoms. The molecule has 0 amide bonds. The van der Waals surface area contributed by atoms with Crippen LogP contribution in [0.4, 0.5) is 5.69 Å². The summed E-state index contributed by atoms with van der Waals surface area (Å²) in [5, 5.41) is 16.8. The largest absolute Gasteiger partial charge is 0.366 e. The topological polar surface area (TPSA) is 56.1 Å². The van der Waals surface area contributed by atoms with E-state index in [9.17, 15) is 0 Å². The van der Waals surface area contributed by atoms with Crippen LogP contribution in [0, 0.1) is 11.3 Å². The number of piperazine rings is 1. The van der Waals surface area contributed by atoms with Gasteiger partial charge in [-0.1, -0.05) is 23.2 Å². The Morgan fingerprint density at radius 2 is 1.94 bits per heavy atom. The summed E-state index contributed by atoms with van der Waals surface area (Å²) in [6, 6.07) is 3.87. The molecule has 0 saturated carbocycles. The molecule has 1 fully saturated rings. The predicted molar refractivity (Wildman–Crippen MR) is 66.3 cm³/mol. The van der Waals surface area contributed by atoms with Crippen LogP contribution in [0.15, 0.2) is 6.07 Å². The number of halogens is 2. The van der Waals surface area contributed by atoms with Gasteiger partial charge in [-0.15, -0.1) is 10.2 Å². The summed E-state index contributed by atoms with van der Waals surface area (Å²) in [5.74, 6) is 0. The molecular formula is C10H11Cl2N5. The molecule has 17 heavy (non-hydrogen) atoms. The van der Waals surface area contributed by atoms with E-state index in [1.54, 1.807) is 6.07 Å². The maximum Gasteiger partial charge on any atom is 0.175 e. The van der Waals surface area contributed by atoms with Gasteiger partial charge in [0, 0.05) is 32.2 Å². The van der Waals surface area contributed by atoms with Gasteiger partial charge < -0.3 is 4.90 Å². The van der Waals surface area contributed by atoms with Gasteiger partial charge in [-0.2, -0.15) is 5.26 Å². The van der Waals surface area contributed by atoms with Crippen LogP contribution in [0.25, 0.3) is 0 Å². The molecule has 0 unspecified atom stereocenters. The van der Waals surface area contributed by atoms with E-state index < -0.39 is 0 Å². The molecular weight excluding hydrogens is 261 g/mol. The van der Waals surface area contributed by atoms with Crippen molar-refractivity contribution in [3.05, 3.63) is 16.4 Å². The Balaban J connectivity index is 2.05. The fourth-order valence-corrected chi connectivity index (χ4v) is 2.17. The molecule has 7 heteroatoms. The van der Waals surface area contributed by atoms with Gasteiger partial charge in [0.1, 0.15) is 0 Å². The molecule has 1 aromatic rings. The first kappa shape index (κ1) is 12.4. The average Bonchev–Trinajstić information content (AvgIpc) is 2.34. The third kappa shape index (κ3) is 2.97. The zero-order valence-electron chi connectivity index (χ0n) is 9.10. The highest BCUT2D eigenvalue weighted by molar-refractivity contribution is 6.33. The van der Waals surface area contributed by atoms with Crippen LogP contribution in [-0.4, -0.2) is 47.8 Å². The number of aromatic nitrogens is 2. The lowest BCUT2D eigenvalue weighted by Gasteiger charge is -2.34. The fraction of sp³-hybridized carbons (Fsp3) is 0.500. The van der Waals surface area contributed by atoms with Gasteiger partial charge in [0.15, 0.2) is 10.3 Å². The molecule has 2 heterocycles. The van der Waals surface area contributed by atoms with Crippen molar-refractivity contribution in [3.8, 4) is 6.07 Å². The lowest BCUT2D eigenvalue weighted by atomic mass is 10.3. The summed E-state index contributed by atoms with van der Waals surface area (Å²) in [5.41, 5.74) is 0.809. The van der Waals surface area contributed by atoms with Crippen LogP contribution in [-0.2, 0) is 0 Å². The molecule has 0 radical (unpaired) electrons. The summed E-state index contributed by atoms with van der Waals surface area (Å²) < 4.78 is 0. The summed E-state index contributed by atoms with van der Waals surface area (Å²) in [4.78, 5) is 4.21. The third-order valence-electron chi connectivity index (χ3n) is 2.71. The summed E-state index contributed by atoms with van der Waals surface area (Å²) in [6.45, 7) is 3.76. The van der Waals surface area contributed by atoms with Crippen molar-refractivity contribution in [3.63, 3.8) is 0 Å². The Labute approximate surface area is 110 Å². The Kier molecular flexibility index (Phi) is 4.00. The number of hydrogen-bond donors (Lipinski definition) is 0. The highest BCUT2D eigenvalue weighted by Crippen LogP contribution is 2.26. The van der Waals surface area contributed by atoms with Gasteiger partial charge in [0.25, 0.3) is 0 Å². The average molecular weight is 272 g/mol. The maximum absolute atomic E-state index is 8.62. The van der Waals surface area contributed by atoms with Crippen molar-refractivity contribution in [2.75, 3.05) is 37.6 Å². The van der Waals surface area contributed by atoms with Crippen molar-refractivity contribution in [1.29, 1.82) is 5.26 Å². The second-order valence-electron chi connectivity index (χ2n) is 3.76. The number of nitriles is 1. The van der Waals surface area contributed by atoms with Gasteiger partial charge in [-0.3, -0.25) is 4.90 Å². The van der Waals surface area contributed by atoms with Gasteiger partial charge in [-0.25, -0.2) is 0 Å². The molecule has 90 valence electrons. The van der Waals surface area contributed by atoms with Crippen molar-refractivity contribution in [2.24, 2.45) is 0 Å². The van der Waals surface area contributed by atoms with Crippen molar-refractivity contribution in [2.45, 2.75) is 0 Å². The van der Waals surface area contributed by atoms with Crippen LogP contribution in [0.5, 0.6) is 0 Å². The molecule has 1 aliphatic heterocycles. The van der Waals surface area contributed by atoms with E-state index in [1.807, 2.05) is 0 Å². The van der Waals surface area contributed by atoms with E-state index in [0.29, 0.717) is 16.9 Å². The predicted octanol–water partition coefficient (Wildman–Crippen LogP) is 1.43. The monoisotopic (exact) mass is 271 g/mol. The number of rotatable bonds is 2. The number of nitrogens with zero attached hydrogens (tertiary/aromatic N) is 5. The van der Waals surface area contributed by atoms with Crippen molar-refractivity contribution in [1.82, 2.24) is 15.1 Å². The van der Waals surface area contributed by atoms with Crippen LogP contribution in [0.2, 0.25) is 10.3 Å². The van der Waals surface area contributed by atoms with Gasteiger partial charge in [-0.05, 0) is 0 Å². The van der Waals surface area contributed by atoms with E-state index in [4.69, 9.17) is 28.5 Å². The Bertz CT molecular complexity index is 437. The van der Waals surface area contributed by atoms with Crippen LogP contribution in [0.1, 0.15) is 0 Å². The maximum atomic E-state index is 8.62. The molecule has 1 aromatic heterocycles. The fourth-order valence-electron chi connectivity index (χ4n) is 1.81. The van der Waals surface area contributed by atoms with Crippen LogP contribution >= 0.6 is 23.2 Å². The van der Waals surface area contributed by atoms with E-state index in [0.717, 1.165) is 31.9 Å². The lowest BCUT2D eigenvalue weighted by molar-refractivity contribution is 0.287. The van der Waals surface area contributed by atoms with Gasteiger partial charge >= 0.3 is 0 Å². The van der Waals surface area contributed by atoms with E-state index >= 15 is 0 Å². The molecule has 2 rings (SSSR count). The smallest absolute Gasteiger partial charge is 0.175 e. The molecule has 5 nitrogen and oxygen atoms in total. The Morgan fingerprint density at radius 3 is 2.59 bits per heavy atom. The molecule has 0 aliphatic carbocycles. The molecule has 0 spiro atoms. The van der Waals surface area contributed by atoms with E-state index in [1.165, 1.54) is 0 Å². The second-order valence-corrected chi connectivity index (χ2v) is 4.51. The Hall–Kier alpha value is -1.09. The molecule has 0 N–H and O–H groups in total. The lowest BCUT2D eigenvalue weighted by Crippen LogP contribution is -2.46. The zero-order chi connectivity index (χ0) is 12.3. The summed E-state index contributed by atoms with van der Waals surface area (Å²) in [7, 11) is 0. The first-order valence-electron chi connectivity index (χ1n) is 5.23. The first-order chi connectivity index (χ1) is 8.20. The molecule has 1 aliphatic rings. The normalized spacial score (nSPS) is 16.9. The SMILES string of the molecule is N#CCN1CCN(c2cc(Cl)nnc2Cl)CC1. The van der Waals surface area contributed by atoms with Gasteiger partial charge in [0.2, 0.25) is 0 Å².